The number of rotatable bonds is 4. The summed E-state index contributed by atoms with van der Waals surface area (Å²) in [4.78, 5) is 32.4. The Kier molecular flexibility index (Phi) is 5.12. The van der Waals surface area contributed by atoms with Crippen LogP contribution in [-0.2, 0) is 9.59 Å². The Morgan fingerprint density at radius 2 is 2.08 bits per heavy atom. The van der Waals surface area contributed by atoms with Crippen molar-refractivity contribution in [2.45, 2.75) is 11.7 Å². The van der Waals surface area contributed by atoms with Crippen LogP contribution in [0, 0.1) is 0 Å². The van der Waals surface area contributed by atoms with Crippen molar-refractivity contribution in [1.29, 1.82) is 0 Å². The van der Waals surface area contributed by atoms with Crippen molar-refractivity contribution >= 4 is 51.9 Å². The van der Waals surface area contributed by atoms with Crippen molar-refractivity contribution in [3.05, 3.63) is 53.7 Å². The highest BCUT2D eigenvalue weighted by molar-refractivity contribution is 8.15. The van der Waals surface area contributed by atoms with Crippen LogP contribution in [0.15, 0.2) is 53.7 Å². The number of thioether (sulfide) groups is 1. The van der Waals surface area contributed by atoms with Gasteiger partial charge >= 0.3 is 0 Å². The van der Waals surface area contributed by atoms with E-state index >= 15 is 0 Å². The van der Waals surface area contributed by atoms with Gasteiger partial charge in [0, 0.05) is 23.3 Å². The molecule has 1 saturated heterocycles. The van der Waals surface area contributed by atoms with Crippen molar-refractivity contribution in [2.24, 2.45) is 4.99 Å². The highest BCUT2D eigenvalue weighted by Gasteiger charge is 2.32. The highest BCUT2D eigenvalue weighted by atomic mass is 35.5. The third-order valence-corrected chi connectivity index (χ3v) is 4.47. The molecule has 1 fully saturated rings. The maximum atomic E-state index is 12.1. The number of amidine groups is 1. The number of nitrogens with one attached hydrogen (secondary N) is 2. The van der Waals surface area contributed by atoms with E-state index in [-0.39, 0.29) is 18.2 Å². The number of benzene rings is 1. The molecule has 2 heterocycles. The maximum Gasteiger partial charge on any atom is 0.240 e. The summed E-state index contributed by atoms with van der Waals surface area (Å²) >= 11 is 7.02. The molecular weight excluding hydrogens is 348 g/mol. The van der Waals surface area contributed by atoms with Crippen LogP contribution in [0.3, 0.4) is 0 Å². The Morgan fingerprint density at radius 1 is 1.29 bits per heavy atom. The van der Waals surface area contributed by atoms with E-state index in [0.29, 0.717) is 21.7 Å². The molecule has 6 nitrogen and oxygen atoms in total. The van der Waals surface area contributed by atoms with Crippen molar-refractivity contribution in [3.63, 3.8) is 0 Å². The van der Waals surface area contributed by atoms with E-state index in [4.69, 9.17) is 11.6 Å². The molecule has 2 N–H and O–H groups in total. The molecule has 0 saturated carbocycles. The number of anilines is 1. The Balaban J connectivity index is 1.59. The first-order chi connectivity index (χ1) is 11.6. The smallest absolute Gasteiger partial charge is 0.240 e. The van der Waals surface area contributed by atoms with Gasteiger partial charge in [-0.15, -0.1) is 0 Å². The van der Waals surface area contributed by atoms with Gasteiger partial charge in [-0.3, -0.25) is 9.59 Å². The lowest BCUT2D eigenvalue weighted by atomic mass is 10.2. The predicted molar refractivity (Wildman–Crippen MR) is 95.6 cm³/mol. The molecule has 2 aromatic rings. The Labute approximate surface area is 147 Å². The molecule has 1 aromatic carbocycles. The van der Waals surface area contributed by atoms with Gasteiger partial charge in [0.1, 0.15) is 5.25 Å². The monoisotopic (exact) mass is 360 g/mol. The Bertz CT molecular complexity index is 780. The van der Waals surface area contributed by atoms with Gasteiger partial charge in [-0.2, -0.15) is 0 Å². The minimum atomic E-state index is -0.514. The molecule has 2 amide bonds. The molecule has 1 atom stereocenters. The number of carbonyl (C=O) groups excluding carboxylic acids is 2. The number of hydrogen-bond donors (Lipinski definition) is 2. The topological polar surface area (TPSA) is 83.5 Å². The first-order valence-electron chi connectivity index (χ1n) is 7.13. The summed E-state index contributed by atoms with van der Waals surface area (Å²) in [5, 5.41) is 5.93. The van der Waals surface area contributed by atoms with E-state index in [1.165, 1.54) is 11.8 Å². The summed E-state index contributed by atoms with van der Waals surface area (Å²) in [5.41, 5.74) is 0.634. The zero-order valence-corrected chi connectivity index (χ0v) is 14.0. The van der Waals surface area contributed by atoms with Gasteiger partial charge in [-0.1, -0.05) is 29.4 Å². The van der Waals surface area contributed by atoms with E-state index in [1.54, 1.807) is 42.6 Å². The summed E-state index contributed by atoms with van der Waals surface area (Å²) in [6, 6.07) is 12.1. The second-order valence-corrected chi connectivity index (χ2v) is 6.59. The lowest BCUT2D eigenvalue weighted by Gasteiger charge is -2.07. The lowest BCUT2D eigenvalue weighted by Crippen LogP contribution is -2.28. The van der Waals surface area contributed by atoms with Gasteiger partial charge < -0.3 is 10.6 Å². The van der Waals surface area contributed by atoms with Crippen molar-refractivity contribution < 1.29 is 9.59 Å². The average Bonchev–Trinajstić information content (AvgIpc) is 2.90. The molecule has 1 aliphatic heterocycles. The van der Waals surface area contributed by atoms with Gasteiger partial charge in [0.25, 0.3) is 0 Å². The number of halogens is 1. The quantitative estimate of drug-likeness (QED) is 0.878. The second-order valence-electron chi connectivity index (χ2n) is 4.96. The fourth-order valence-corrected chi connectivity index (χ4v) is 3.13. The molecule has 1 unspecified atom stereocenters. The third-order valence-electron chi connectivity index (χ3n) is 3.14. The second kappa shape index (κ2) is 7.46. The summed E-state index contributed by atoms with van der Waals surface area (Å²) in [7, 11) is 0. The standard InChI is InChI=1S/C16H13ClN4O2S/c17-10-4-6-11(7-5-10)19-14(22)9-12-15(23)21-16(24-12)20-13-3-1-2-8-18-13/h1-8,12H,9H2,(H,19,22)(H,18,20,21,23). The minimum Gasteiger partial charge on any atom is -0.326 e. The molecule has 122 valence electrons. The molecule has 1 aromatic heterocycles. The number of pyridine rings is 1. The van der Waals surface area contributed by atoms with Crippen LogP contribution in [0.1, 0.15) is 6.42 Å². The van der Waals surface area contributed by atoms with Crippen LogP contribution in [0.2, 0.25) is 5.02 Å². The Morgan fingerprint density at radius 3 is 2.79 bits per heavy atom. The molecule has 24 heavy (non-hydrogen) atoms. The van der Waals surface area contributed by atoms with Gasteiger partial charge in [0.05, 0.1) is 0 Å². The molecule has 0 aliphatic carbocycles. The molecule has 3 rings (SSSR count). The first-order valence-corrected chi connectivity index (χ1v) is 8.38. The number of aliphatic imine (C=N–C) groups is 1. The first kappa shape index (κ1) is 16.5. The van der Waals surface area contributed by atoms with Crippen LogP contribution in [-0.4, -0.2) is 27.2 Å². The zero-order valence-electron chi connectivity index (χ0n) is 12.4. The SMILES string of the molecule is O=C(CC1S/C(=N/c2ccccn2)NC1=O)Nc1ccc(Cl)cc1. The maximum absolute atomic E-state index is 12.1. The van der Waals surface area contributed by atoms with Crippen LogP contribution in [0.4, 0.5) is 11.5 Å². The van der Waals surface area contributed by atoms with Crippen LogP contribution >= 0.6 is 23.4 Å². The molecule has 8 heteroatoms. The number of aromatic nitrogens is 1. The number of amides is 2. The number of nitrogens with zero attached hydrogens (tertiary/aromatic N) is 2. The summed E-state index contributed by atoms with van der Waals surface area (Å²) in [6.07, 6.45) is 1.68. The zero-order chi connectivity index (χ0) is 16.9. The van der Waals surface area contributed by atoms with Crippen LogP contribution < -0.4 is 10.6 Å². The van der Waals surface area contributed by atoms with Gasteiger partial charge in [-0.05, 0) is 36.4 Å². The fraction of sp³-hybridized carbons (Fsp3) is 0.125. The number of carbonyl (C=O) groups is 2. The van der Waals surface area contributed by atoms with E-state index in [1.807, 2.05) is 6.07 Å². The minimum absolute atomic E-state index is 0.0559. The van der Waals surface area contributed by atoms with Gasteiger partial charge in [0.15, 0.2) is 11.0 Å². The van der Waals surface area contributed by atoms with E-state index in [2.05, 4.69) is 20.6 Å². The van der Waals surface area contributed by atoms with Gasteiger partial charge in [-0.25, -0.2) is 9.98 Å². The average molecular weight is 361 g/mol. The van der Waals surface area contributed by atoms with Crippen molar-refractivity contribution in [2.75, 3.05) is 5.32 Å². The highest BCUT2D eigenvalue weighted by Crippen LogP contribution is 2.25. The van der Waals surface area contributed by atoms with E-state index in [0.717, 1.165) is 0 Å². The summed E-state index contributed by atoms with van der Waals surface area (Å²) in [6.45, 7) is 0. The fourth-order valence-electron chi connectivity index (χ4n) is 2.03. The van der Waals surface area contributed by atoms with E-state index < -0.39 is 5.25 Å². The summed E-state index contributed by atoms with van der Waals surface area (Å²) in [5.74, 6) is 0.0246. The molecule has 0 spiro atoms. The van der Waals surface area contributed by atoms with Crippen molar-refractivity contribution in [3.8, 4) is 0 Å². The molecule has 1 aliphatic rings. The van der Waals surface area contributed by atoms with Gasteiger partial charge in [0.2, 0.25) is 11.8 Å². The van der Waals surface area contributed by atoms with Crippen molar-refractivity contribution in [1.82, 2.24) is 10.3 Å². The third kappa shape index (κ3) is 4.33. The van der Waals surface area contributed by atoms with E-state index in [9.17, 15) is 9.59 Å². The molecule has 0 radical (unpaired) electrons. The lowest BCUT2D eigenvalue weighted by molar-refractivity contribution is -0.122. The van der Waals surface area contributed by atoms with Crippen LogP contribution in [0.5, 0.6) is 0 Å². The predicted octanol–water partition coefficient (Wildman–Crippen LogP) is 2.98. The normalized spacial score (nSPS) is 18.5. The van der Waals surface area contributed by atoms with Crippen LogP contribution in [0.25, 0.3) is 0 Å². The Hall–Kier alpha value is -2.38. The summed E-state index contributed by atoms with van der Waals surface area (Å²) < 4.78 is 0. The number of hydrogen-bond acceptors (Lipinski definition) is 5. The molecule has 0 bridgehead atoms. The largest absolute Gasteiger partial charge is 0.326 e. The molecular formula is C16H13ClN4O2S.